The average molecular weight is 365 g/mol. The van der Waals surface area contributed by atoms with Crippen molar-refractivity contribution in [3.05, 3.63) is 24.3 Å². The standard InChI is InChI=1S/C22H36O4/c1-2-3-6-13-20(23)15-14-19-12-9-11-18(19)10-7-4-5-8-16-22(17-26-22)21(24)25/h4,7,14-15,18-20,23H,2-3,5-6,8-13,16-17H2,1H3,(H,24,25)/t18-,19+,20-,22?/m0/s1. The zero-order valence-electron chi connectivity index (χ0n) is 16.2. The first-order chi connectivity index (χ1) is 12.6. The number of hydrogen-bond donors (Lipinski definition) is 2. The summed E-state index contributed by atoms with van der Waals surface area (Å²) in [7, 11) is 0. The molecule has 2 rings (SSSR count). The highest BCUT2D eigenvalue weighted by atomic mass is 16.6. The highest BCUT2D eigenvalue weighted by molar-refractivity contribution is 5.80. The van der Waals surface area contributed by atoms with Gasteiger partial charge in [-0.2, -0.15) is 0 Å². The summed E-state index contributed by atoms with van der Waals surface area (Å²) < 4.78 is 5.08. The molecule has 0 aromatic rings. The molecule has 4 nitrogen and oxygen atoms in total. The van der Waals surface area contributed by atoms with Crippen molar-refractivity contribution < 1.29 is 19.7 Å². The molecule has 1 aliphatic heterocycles. The number of aliphatic hydroxyl groups is 1. The van der Waals surface area contributed by atoms with Gasteiger partial charge in [-0.3, -0.25) is 0 Å². The van der Waals surface area contributed by atoms with Crippen molar-refractivity contribution in [1.29, 1.82) is 0 Å². The van der Waals surface area contributed by atoms with Crippen LogP contribution in [0.1, 0.15) is 77.6 Å². The van der Waals surface area contributed by atoms with Gasteiger partial charge < -0.3 is 14.9 Å². The van der Waals surface area contributed by atoms with Crippen LogP contribution in [0.25, 0.3) is 0 Å². The van der Waals surface area contributed by atoms with E-state index in [2.05, 4.69) is 25.2 Å². The van der Waals surface area contributed by atoms with Crippen molar-refractivity contribution in [3.63, 3.8) is 0 Å². The van der Waals surface area contributed by atoms with E-state index in [0.717, 1.165) is 32.1 Å². The largest absolute Gasteiger partial charge is 0.479 e. The second-order valence-electron chi connectivity index (χ2n) is 7.99. The minimum Gasteiger partial charge on any atom is -0.479 e. The maximum Gasteiger partial charge on any atom is 0.338 e. The SMILES string of the molecule is CCCCC[C@H](O)C=C[C@H]1CCC[C@@H]1CC=CCCCC1(C(=O)O)CO1. The maximum atomic E-state index is 11.0. The first-order valence-corrected chi connectivity index (χ1v) is 10.5. The van der Waals surface area contributed by atoms with Crippen molar-refractivity contribution in [2.24, 2.45) is 11.8 Å². The van der Waals surface area contributed by atoms with Crippen LogP contribution in [-0.2, 0) is 9.53 Å². The van der Waals surface area contributed by atoms with Crippen LogP contribution in [0.4, 0.5) is 0 Å². The number of aliphatic carboxylic acids is 1. The minimum absolute atomic E-state index is 0.287. The van der Waals surface area contributed by atoms with E-state index in [0.29, 0.717) is 24.9 Å². The zero-order valence-corrected chi connectivity index (χ0v) is 16.2. The van der Waals surface area contributed by atoms with E-state index in [9.17, 15) is 9.90 Å². The molecule has 1 saturated carbocycles. The van der Waals surface area contributed by atoms with Gasteiger partial charge in [0.15, 0.2) is 5.60 Å². The number of carbonyl (C=O) groups is 1. The number of carboxylic acid groups (broad SMARTS) is 1. The summed E-state index contributed by atoms with van der Waals surface area (Å²) in [5.74, 6) is 0.456. The number of allylic oxidation sites excluding steroid dienone is 3. The van der Waals surface area contributed by atoms with Crippen LogP contribution in [0.3, 0.4) is 0 Å². The normalized spacial score (nSPS) is 29.6. The molecular weight excluding hydrogens is 328 g/mol. The fraction of sp³-hybridized carbons (Fsp3) is 0.773. The number of epoxide rings is 1. The van der Waals surface area contributed by atoms with Crippen LogP contribution >= 0.6 is 0 Å². The van der Waals surface area contributed by atoms with Gasteiger partial charge in [-0.25, -0.2) is 4.79 Å². The summed E-state index contributed by atoms with van der Waals surface area (Å²) in [6, 6.07) is 0. The highest BCUT2D eigenvalue weighted by Gasteiger charge is 2.51. The lowest BCUT2D eigenvalue weighted by molar-refractivity contribution is -0.143. The molecule has 2 aliphatic rings. The number of unbranched alkanes of at least 4 members (excludes halogenated alkanes) is 3. The Hall–Kier alpha value is -1.13. The van der Waals surface area contributed by atoms with E-state index in [4.69, 9.17) is 9.84 Å². The molecule has 1 saturated heterocycles. The van der Waals surface area contributed by atoms with Gasteiger partial charge in [-0.1, -0.05) is 56.9 Å². The Kier molecular flexibility index (Phi) is 8.86. The van der Waals surface area contributed by atoms with Crippen LogP contribution in [0.5, 0.6) is 0 Å². The summed E-state index contributed by atoms with van der Waals surface area (Å²) in [6.07, 6.45) is 20.0. The van der Waals surface area contributed by atoms with Crippen LogP contribution in [0.15, 0.2) is 24.3 Å². The predicted octanol–water partition coefficient (Wildman–Crippen LogP) is 4.87. The Labute approximate surface area is 158 Å². The molecule has 1 aliphatic carbocycles. The molecule has 1 unspecified atom stereocenters. The van der Waals surface area contributed by atoms with Gasteiger partial charge >= 0.3 is 5.97 Å². The van der Waals surface area contributed by atoms with Crippen molar-refractivity contribution in [2.45, 2.75) is 89.3 Å². The summed E-state index contributed by atoms with van der Waals surface area (Å²) >= 11 is 0. The molecule has 1 heterocycles. The number of aliphatic hydroxyl groups excluding tert-OH is 1. The molecule has 0 radical (unpaired) electrons. The van der Waals surface area contributed by atoms with Crippen molar-refractivity contribution in [2.75, 3.05) is 6.61 Å². The molecule has 0 spiro atoms. The highest BCUT2D eigenvalue weighted by Crippen LogP contribution is 2.36. The molecule has 4 atom stereocenters. The van der Waals surface area contributed by atoms with Gasteiger partial charge in [-0.15, -0.1) is 0 Å². The summed E-state index contributed by atoms with van der Waals surface area (Å²) in [5.41, 5.74) is -0.868. The van der Waals surface area contributed by atoms with Crippen LogP contribution < -0.4 is 0 Å². The predicted molar refractivity (Wildman–Crippen MR) is 104 cm³/mol. The Morgan fingerprint density at radius 3 is 2.77 bits per heavy atom. The summed E-state index contributed by atoms with van der Waals surface area (Å²) in [6.45, 7) is 2.55. The van der Waals surface area contributed by atoms with E-state index in [1.165, 1.54) is 32.1 Å². The fourth-order valence-corrected chi connectivity index (χ4v) is 3.94. The van der Waals surface area contributed by atoms with E-state index in [-0.39, 0.29) is 6.10 Å². The number of rotatable bonds is 13. The average Bonchev–Trinajstić information content (AvgIpc) is 3.28. The lowest BCUT2D eigenvalue weighted by atomic mass is 9.91. The number of carboxylic acids is 1. The molecule has 0 bridgehead atoms. The molecule has 0 aromatic heterocycles. The third-order valence-electron chi connectivity index (χ3n) is 5.84. The van der Waals surface area contributed by atoms with E-state index < -0.39 is 11.6 Å². The lowest BCUT2D eigenvalue weighted by Gasteiger charge is -2.15. The fourth-order valence-electron chi connectivity index (χ4n) is 3.94. The van der Waals surface area contributed by atoms with E-state index in [1.54, 1.807) is 0 Å². The van der Waals surface area contributed by atoms with Gasteiger partial charge in [0.05, 0.1) is 12.7 Å². The molecule has 4 heteroatoms. The second kappa shape index (κ2) is 10.9. The molecule has 0 aromatic carbocycles. The van der Waals surface area contributed by atoms with Gasteiger partial charge in [0.2, 0.25) is 0 Å². The Balaban J connectivity index is 1.62. The molecule has 0 amide bonds. The quantitative estimate of drug-likeness (QED) is 0.278. The van der Waals surface area contributed by atoms with Crippen molar-refractivity contribution in [1.82, 2.24) is 0 Å². The summed E-state index contributed by atoms with van der Waals surface area (Å²) in [4.78, 5) is 11.0. The monoisotopic (exact) mass is 364 g/mol. The Morgan fingerprint density at radius 2 is 2.08 bits per heavy atom. The molecule has 26 heavy (non-hydrogen) atoms. The lowest BCUT2D eigenvalue weighted by Crippen LogP contribution is -2.23. The molecule has 2 N–H and O–H groups in total. The van der Waals surface area contributed by atoms with Crippen LogP contribution in [0.2, 0.25) is 0 Å². The van der Waals surface area contributed by atoms with Crippen molar-refractivity contribution in [3.8, 4) is 0 Å². The van der Waals surface area contributed by atoms with Gasteiger partial charge in [0.1, 0.15) is 0 Å². The van der Waals surface area contributed by atoms with Crippen LogP contribution in [-0.4, -0.2) is 34.5 Å². The topological polar surface area (TPSA) is 70.1 Å². The van der Waals surface area contributed by atoms with Gasteiger partial charge in [0, 0.05) is 0 Å². The number of ether oxygens (including phenoxy) is 1. The summed E-state index contributed by atoms with van der Waals surface area (Å²) in [5, 5.41) is 19.1. The smallest absolute Gasteiger partial charge is 0.338 e. The minimum atomic E-state index is -0.868. The van der Waals surface area contributed by atoms with Gasteiger partial charge in [0.25, 0.3) is 0 Å². The van der Waals surface area contributed by atoms with Crippen LogP contribution in [0, 0.1) is 11.8 Å². The molecule has 2 fully saturated rings. The first-order valence-electron chi connectivity index (χ1n) is 10.5. The van der Waals surface area contributed by atoms with E-state index >= 15 is 0 Å². The maximum absolute atomic E-state index is 11.0. The van der Waals surface area contributed by atoms with Gasteiger partial charge in [-0.05, 0) is 56.8 Å². The first kappa shape index (κ1) is 21.2. The molecular formula is C22H36O4. The third-order valence-corrected chi connectivity index (χ3v) is 5.84. The molecule has 148 valence electrons. The number of hydrogen-bond acceptors (Lipinski definition) is 3. The van der Waals surface area contributed by atoms with E-state index in [1.807, 2.05) is 6.08 Å². The Bertz CT molecular complexity index is 479. The zero-order chi connectivity index (χ0) is 18.8. The Morgan fingerprint density at radius 1 is 1.27 bits per heavy atom. The second-order valence-corrected chi connectivity index (χ2v) is 7.99. The van der Waals surface area contributed by atoms with Crippen molar-refractivity contribution >= 4 is 5.97 Å². The third kappa shape index (κ3) is 6.88.